The Morgan fingerprint density at radius 3 is 2.48 bits per heavy atom. The molecule has 0 bridgehead atoms. The van der Waals surface area contributed by atoms with Crippen molar-refractivity contribution in [2.24, 2.45) is 0 Å². The van der Waals surface area contributed by atoms with Crippen LogP contribution in [-0.2, 0) is 0 Å². The number of carboxylic acid groups (broad SMARTS) is 1. The van der Waals surface area contributed by atoms with Gasteiger partial charge in [-0.2, -0.15) is 0 Å². The minimum absolute atomic E-state index is 0.0203. The first-order chi connectivity index (χ1) is 10.9. The molecular formula is C14H7Cl2F2N3O2. The fourth-order valence-electron chi connectivity index (χ4n) is 2.04. The molecule has 0 fully saturated rings. The first-order valence-electron chi connectivity index (χ1n) is 6.20. The highest BCUT2D eigenvalue weighted by Gasteiger charge is 2.21. The van der Waals surface area contributed by atoms with Gasteiger partial charge in [-0.3, -0.25) is 0 Å². The third-order valence-corrected chi connectivity index (χ3v) is 3.72. The fraction of sp³-hybridized carbons (Fsp3) is 0. The van der Waals surface area contributed by atoms with E-state index in [-0.39, 0.29) is 17.0 Å². The molecule has 0 aliphatic rings. The first kappa shape index (κ1) is 15.5. The minimum atomic E-state index is -1.58. The molecule has 0 aliphatic carbocycles. The molecule has 0 aliphatic heterocycles. The Bertz CT molecular complexity index is 923. The number of hydrogen-bond donors (Lipinski definition) is 3. The summed E-state index contributed by atoms with van der Waals surface area (Å²) in [5.41, 5.74) is -0.777. The van der Waals surface area contributed by atoms with Gasteiger partial charge in [0.15, 0.2) is 11.6 Å². The average Bonchev–Trinajstić information content (AvgIpc) is 2.89. The molecule has 3 N–H and O–H groups in total. The normalized spacial score (nSPS) is 11.0. The molecule has 1 aromatic heterocycles. The number of fused-ring (bicyclic) bond motifs is 1. The van der Waals surface area contributed by atoms with Gasteiger partial charge in [0, 0.05) is 0 Å². The number of rotatable bonds is 3. The summed E-state index contributed by atoms with van der Waals surface area (Å²) in [5.74, 6) is -4.37. The highest BCUT2D eigenvalue weighted by molar-refractivity contribution is 6.39. The van der Waals surface area contributed by atoms with E-state index in [0.29, 0.717) is 15.7 Å². The third kappa shape index (κ3) is 2.69. The molecular weight excluding hydrogens is 351 g/mol. The maximum atomic E-state index is 13.9. The Morgan fingerprint density at radius 2 is 1.87 bits per heavy atom. The molecule has 0 radical (unpaired) electrons. The van der Waals surface area contributed by atoms with Crippen LogP contribution in [0.3, 0.4) is 0 Å². The molecule has 0 amide bonds. The molecule has 3 rings (SSSR count). The second kappa shape index (κ2) is 5.68. The monoisotopic (exact) mass is 357 g/mol. The Balaban J connectivity index is 2.11. The van der Waals surface area contributed by atoms with Crippen molar-refractivity contribution in [2.45, 2.75) is 0 Å². The van der Waals surface area contributed by atoms with Crippen molar-refractivity contribution < 1.29 is 18.7 Å². The van der Waals surface area contributed by atoms with Gasteiger partial charge >= 0.3 is 5.97 Å². The predicted octanol–water partition coefficient (Wildman–Crippen LogP) is 4.59. The second-order valence-corrected chi connectivity index (χ2v) is 5.37. The number of hydrogen-bond acceptors (Lipinski definition) is 3. The molecule has 23 heavy (non-hydrogen) atoms. The minimum Gasteiger partial charge on any atom is -0.478 e. The third-order valence-electron chi connectivity index (χ3n) is 3.09. The summed E-state index contributed by atoms with van der Waals surface area (Å²) in [6.07, 6.45) is 0. The van der Waals surface area contributed by atoms with Crippen LogP contribution in [-0.4, -0.2) is 21.0 Å². The highest BCUT2D eigenvalue weighted by atomic mass is 35.5. The van der Waals surface area contributed by atoms with Crippen LogP contribution in [0.5, 0.6) is 0 Å². The number of nitrogens with zero attached hydrogens (tertiary/aromatic N) is 1. The average molecular weight is 358 g/mol. The van der Waals surface area contributed by atoms with E-state index in [0.717, 1.165) is 6.07 Å². The summed E-state index contributed by atoms with van der Waals surface area (Å²) in [6, 6.07) is 5.77. The number of aromatic amines is 1. The Hall–Kier alpha value is -2.38. The van der Waals surface area contributed by atoms with Crippen LogP contribution in [0.15, 0.2) is 24.3 Å². The number of carbonyl (C=O) groups is 1. The smallest absolute Gasteiger partial charge is 0.338 e. The predicted molar refractivity (Wildman–Crippen MR) is 82.7 cm³/mol. The quantitative estimate of drug-likeness (QED) is 0.640. The lowest BCUT2D eigenvalue weighted by Gasteiger charge is -2.06. The van der Waals surface area contributed by atoms with Gasteiger partial charge in [-0.15, -0.1) is 0 Å². The van der Waals surface area contributed by atoms with E-state index in [2.05, 4.69) is 15.3 Å². The van der Waals surface area contributed by atoms with Crippen LogP contribution in [0.2, 0.25) is 10.0 Å². The fourth-order valence-corrected chi connectivity index (χ4v) is 2.53. The standard InChI is InChI=1S/C14H7Cl2F2N3O2/c15-6-2-1-3-7(16)11(6)20-14-19-8-4-5(13(22)23)9(17)10(18)12(8)21-14/h1-4H,(H,22,23)(H2,19,20,21). The van der Waals surface area contributed by atoms with E-state index in [9.17, 15) is 13.6 Å². The molecule has 3 aromatic rings. The van der Waals surface area contributed by atoms with E-state index in [1.165, 1.54) is 0 Å². The van der Waals surface area contributed by atoms with Crippen LogP contribution in [0.4, 0.5) is 20.4 Å². The molecule has 0 saturated carbocycles. The number of carboxylic acids is 1. The molecule has 0 spiro atoms. The van der Waals surface area contributed by atoms with Crippen molar-refractivity contribution in [3.8, 4) is 0 Å². The van der Waals surface area contributed by atoms with Gasteiger partial charge in [-0.1, -0.05) is 29.3 Å². The largest absolute Gasteiger partial charge is 0.478 e. The first-order valence-corrected chi connectivity index (χ1v) is 6.96. The summed E-state index contributed by atoms with van der Waals surface area (Å²) in [4.78, 5) is 17.4. The number of halogens is 4. The number of anilines is 2. The molecule has 0 atom stereocenters. The van der Waals surface area contributed by atoms with Crippen molar-refractivity contribution in [3.63, 3.8) is 0 Å². The number of H-pyrrole nitrogens is 1. The van der Waals surface area contributed by atoms with Crippen molar-refractivity contribution in [1.29, 1.82) is 0 Å². The van der Waals surface area contributed by atoms with Crippen LogP contribution < -0.4 is 5.32 Å². The van der Waals surface area contributed by atoms with Crippen LogP contribution in [0, 0.1) is 11.6 Å². The molecule has 0 saturated heterocycles. The van der Waals surface area contributed by atoms with Crippen molar-refractivity contribution >= 4 is 51.8 Å². The summed E-state index contributed by atoms with van der Waals surface area (Å²) >= 11 is 12.0. The lowest BCUT2D eigenvalue weighted by molar-refractivity contribution is 0.0691. The second-order valence-electron chi connectivity index (χ2n) is 4.56. The van der Waals surface area contributed by atoms with Crippen molar-refractivity contribution in [2.75, 3.05) is 5.32 Å². The van der Waals surface area contributed by atoms with Crippen molar-refractivity contribution in [3.05, 3.63) is 51.5 Å². The zero-order valence-corrected chi connectivity index (χ0v) is 12.6. The van der Waals surface area contributed by atoms with E-state index < -0.39 is 23.2 Å². The Kier molecular flexibility index (Phi) is 3.83. The molecule has 2 aromatic carbocycles. The molecule has 1 heterocycles. The molecule has 5 nitrogen and oxygen atoms in total. The lowest BCUT2D eigenvalue weighted by atomic mass is 10.2. The maximum absolute atomic E-state index is 13.9. The lowest BCUT2D eigenvalue weighted by Crippen LogP contribution is -2.03. The van der Waals surface area contributed by atoms with Gasteiger partial charge in [0.25, 0.3) is 0 Å². The van der Waals surface area contributed by atoms with E-state index in [4.69, 9.17) is 28.3 Å². The van der Waals surface area contributed by atoms with Crippen LogP contribution in [0.25, 0.3) is 11.0 Å². The topological polar surface area (TPSA) is 78.0 Å². The summed E-state index contributed by atoms with van der Waals surface area (Å²) in [5, 5.41) is 12.2. The molecule has 9 heteroatoms. The number of aromatic nitrogens is 2. The summed E-state index contributed by atoms with van der Waals surface area (Å²) in [6.45, 7) is 0. The zero-order valence-electron chi connectivity index (χ0n) is 11.1. The number of imidazole rings is 1. The Morgan fingerprint density at radius 1 is 1.22 bits per heavy atom. The van der Waals surface area contributed by atoms with Crippen molar-refractivity contribution in [1.82, 2.24) is 9.97 Å². The van der Waals surface area contributed by atoms with Gasteiger partial charge in [-0.25, -0.2) is 18.6 Å². The maximum Gasteiger partial charge on any atom is 0.338 e. The highest BCUT2D eigenvalue weighted by Crippen LogP contribution is 2.33. The van der Waals surface area contributed by atoms with E-state index in [1.807, 2.05) is 0 Å². The summed E-state index contributed by atoms with van der Waals surface area (Å²) in [7, 11) is 0. The molecule has 118 valence electrons. The van der Waals surface area contributed by atoms with E-state index >= 15 is 0 Å². The number of aromatic carboxylic acids is 1. The molecule has 0 unspecified atom stereocenters. The van der Waals surface area contributed by atoms with Gasteiger partial charge in [0.2, 0.25) is 5.95 Å². The number of para-hydroxylation sites is 1. The summed E-state index contributed by atoms with van der Waals surface area (Å²) < 4.78 is 27.6. The Labute approximate surface area is 137 Å². The van der Waals surface area contributed by atoms with Crippen LogP contribution in [0.1, 0.15) is 10.4 Å². The number of nitrogens with one attached hydrogen (secondary N) is 2. The van der Waals surface area contributed by atoms with Gasteiger partial charge in [0.05, 0.1) is 21.2 Å². The van der Waals surface area contributed by atoms with Gasteiger partial charge in [-0.05, 0) is 18.2 Å². The van der Waals surface area contributed by atoms with E-state index in [1.54, 1.807) is 18.2 Å². The number of benzene rings is 2. The zero-order chi connectivity index (χ0) is 16.7. The van der Waals surface area contributed by atoms with Gasteiger partial charge in [0.1, 0.15) is 11.1 Å². The SMILES string of the molecule is O=C(O)c1cc2[nH]c(Nc3c(Cl)cccc3Cl)nc2c(F)c1F. The van der Waals surface area contributed by atoms with Gasteiger partial charge < -0.3 is 15.4 Å². The van der Waals surface area contributed by atoms with Crippen LogP contribution >= 0.6 is 23.2 Å².